The number of likely N-dealkylation sites (N-methyl/N-ethyl adjacent to an activating group) is 1. The molecule has 1 aromatic carbocycles. The zero-order chi connectivity index (χ0) is 13.5. The van der Waals surface area contributed by atoms with E-state index in [2.05, 4.69) is 11.4 Å². The summed E-state index contributed by atoms with van der Waals surface area (Å²) in [7, 11) is 1.82. The fourth-order valence-electron chi connectivity index (χ4n) is 1.40. The molecule has 0 aromatic heterocycles. The predicted octanol–water partition coefficient (Wildman–Crippen LogP) is 2.51. The highest BCUT2D eigenvalue weighted by Crippen LogP contribution is 2.13. The average Bonchev–Trinajstić information content (AvgIpc) is 2.32. The number of hydrogen-bond donors (Lipinski definition) is 1. The Morgan fingerprint density at radius 2 is 2.11 bits per heavy atom. The van der Waals surface area contributed by atoms with E-state index in [0.29, 0.717) is 17.1 Å². The van der Waals surface area contributed by atoms with Gasteiger partial charge >= 0.3 is 0 Å². The summed E-state index contributed by atoms with van der Waals surface area (Å²) in [6.45, 7) is 2.17. The molecule has 1 atom stereocenters. The molecule has 0 bridgehead atoms. The Morgan fingerprint density at radius 1 is 1.50 bits per heavy atom. The summed E-state index contributed by atoms with van der Waals surface area (Å²) in [5.41, 5.74) is 0.714. The molecule has 4 nitrogen and oxygen atoms in total. The van der Waals surface area contributed by atoms with Crippen molar-refractivity contribution >= 4 is 23.2 Å². The Balaban J connectivity index is 2.47. The summed E-state index contributed by atoms with van der Waals surface area (Å²) in [6, 6.07) is 9.09. The van der Waals surface area contributed by atoms with Crippen molar-refractivity contribution in [3.05, 3.63) is 29.3 Å². The average molecular weight is 266 g/mol. The van der Waals surface area contributed by atoms with Crippen LogP contribution in [-0.2, 0) is 4.79 Å². The van der Waals surface area contributed by atoms with E-state index in [4.69, 9.17) is 16.9 Å². The molecule has 0 spiro atoms. The molecule has 0 radical (unpaired) electrons. The van der Waals surface area contributed by atoms with Gasteiger partial charge in [-0.3, -0.25) is 9.69 Å². The first-order valence-electron chi connectivity index (χ1n) is 5.65. The number of nitriles is 1. The van der Waals surface area contributed by atoms with Crippen molar-refractivity contribution in [2.24, 2.45) is 0 Å². The van der Waals surface area contributed by atoms with E-state index >= 15 is 0 Å². The first kappa shape index (κ1) is 14.5. The molecule has 1 aromatic rings. The highest BCUT2D eigenvalue weighted by Gasteiger charge is 2.12. The van der Waals surface area contributed by atoms with Gasteiger partial charge in [0.2, 0.25) is 5.91 Å². The van der Waals surface area contributed by atoms with Gasteiger partial charge in [0.15, 0.2) is 0 Å². The lowest BCUT2D eigenvalue weighted by molar-refractivity contribution is -0.117. The highest BCUT2D eigenvalue weighted by molar-refractivity contribution is 6.30. The molecule has 5 heteroatoms. The molecule has 1 N–H and O–H groups in total. The van der Waals surface area contributed by atoms with E-state index in [-0.39, 0.29) is 18.5 Å². The van der Waals surface area contributed by atoms with Crippen molar-refractivity contribution < 1.29 is 4.79 Å². The molecule has 0 aliphatic rings. The molecule has 0 saturated carbocycles. The number of rotatable bonds is 5. The molecule has 18 heavy (non-hydrogen) atoms. The molecule has 0 heterocycles. The zero-order valence-corrected chi connectivity index (χ0v) is 11.2. The number of anilines is 1. The smallest absolute Gasteiger partial charge is 0.238 e. The van der Waals surface area contributed by atoms with E-state index in [1.807, 2.05) is 18.9 Å². The maximum absolute atomic E-state index is 11.7. The minimum absolute atomic E-state index is 0.0611. The van der Waals surface area contributed by atoms with Gasteiger partial charge in [-0.1, -0.05) is 11.6 Å². The van der Waals surface area contributed by atoms with Crippen LogP contribution in [0.25, 0.3) is 0 Å². The topological polar surface area (TPSA) is 56.1 Å². The standard InChI is InChI=1S/C13H16ClN3O/c1-10(7-8-15)17(2)9-13(18)16-12-5-3-11(14)4-6-12/h3-6,10H,7,9H2,1-2H3,(H,16,18). The van der Waals surface area contributed by atoms with Crippen LogP contribution in [0.15, 0.2) is 24.3 Å². The van der Waals surface area contributed by atoms with Crippen molar-refractivity contribution in [3.63, 3.8) is 0 Å². The first-order valence-corrected chi connectivity index (χ1v) is 6.03. The number of carbonyl (C=O) groups excluding carboxylic acids is 1. The number of carbonyl (C=O) groups is 1. The van der Waals surface area contributed by atoms with Gasteiger partial charge in [0.25, 0.3) is 0 Å². The Hall–Kier alpha value is -1.57. The lowest BCUT2D eigenvalue weighted by atomic mass is 10.2. The van der Waals surface area contributed by atoms with Gasteiger partial charge in [-0.15, -0.1) is 0 Å². The number of hydrogen-bond acceptors (Lipinski definition) is 3. The van der Waals surface area contributed by atoms with Gasteiger partial charge < -0.3 is 5.32 Å². The fourth-order valence-corrected chi connectivity index (χ4v) is 1.53. The largest absolute Gasteiger partial charge is 0.325 e. The summed E-state index contributed by atoms with van der Waals surface area (Å²) < 4.78 is 0. The molecule has 1 amide bonds. The van der Waals surface area contributed by atoms with E-state index in [0.717, 1.165) is 0 Å². The van der Waals surface area contributed by atoms with E-state index < -0.39 is 0 Å². The van der Waals surface area contributed by atoms with Gasteiger partial charge in [0.1, 0.15) is 0 Å². The Labute approximate surface area is 112 Å². The summed E-state index contributed by atoms with van der Waals surface area (Å²) in [5, 5.41) is 12.0. The molecule has 96 valence electrons. The lowest BCUT2D eigenvalue weighted by Gasteiger charge is -2.21. The van der Waals surface area contributed by atoms with Crippen molar-refractivity contribution in [2.75, 3.05) is 18.9 Å². The first-order chi connectivity index (χ1) is 8.52. The molecule has 0 saturated heterocycles. The summed E-state index contributed by atoms with van der Waals surface area (Å²) >= 11 is 5.76. The van der Waals surface area contributed by atoms with Crippen LogP contribution >= 0.6 is 11.6 Å². The summed E-state index contributed by atoms with van der Waals surface area (Å²) in [6.07, 6.45) is 0.407. The summed E-state index contributed by atoms with van der Waals surface area (Å²) in [5.74, 6) is -0.107. The molecule has 1 unspecified atom stereocenters. The minimum Gasteiger partial charge on any atom is -0.325 e. The molecule has 1 rings (SSSR count). The van der Waals surface area contributed by atoms with Crippen LogP contribution in [0.5, 0.6) is 0 Å². The van der Waals surface area contributed by atoms with Crippen molar-refractivity contribution in [1.29, 1.82) is 5.26 Å². The zero-order valence-electron chi connectivity index (χ0n) is 10.5. The normalized spacial score (nSPS) is 11.9. The van der Waals surface area contributed by atoms with Crippen molar-refractivity contribution in [2.45, 2.75) is 19.4 Å². The van der Waals surface area contributed by atoms with E-state index in [1.165, 1.54) is 0 Å². The second-order valence-corrected chi connectivity index (χ2v) is 4.62. The monoisotopic (exact) mass is 265 g/mol. The van der Waals surface area contributed by atoms with E-state index in [9.17, 15) is 4.79 Å². The maximum atomic E-state index is 11.7. The number of halogens is 1. The van der Waals surface area contributed by atoms with Crippen LogP contribution in [0.1, 0.15) is 13.3 Å². The van der Waals surface area contributed by atoms with Gasteiger partial charge in [0.05, 0.1) is 19.0 Å². The lowest BCUT2D eigenvalue weighted by Crippen LogP contribution is -2.36. The van der Waals surface area contributed by atoms with Crippen molar-refractivity contribution in [1.82, 2.24) is 4.90 Å². The summed E-state index contributed by atoms with van der Waals surface area (Å²) in [4.78, 5) is 13.6. The van der Waals surface area contributed by atoms with Gasteiger partial charge in [-0.25, -0.2) is 0 Å². The molecule has 0 fully saturated rings. The van der Waals surface area contributed by atoms with Crippen molar-refractivity contribution in [3.8, 4) is 6.07 Å². The van der Waals surface area contributed by atoms with Crippen LogP contribution in [0.4, 0.5) is 5.69 Å². The van der Waals surface area contributed by atoms with Crippen LogP contribution in [0.2, 0.25) is 5.02 Å². The third-order valence-corrected chi connectivity index (χ3v) is 2.91. The second kappa shape index (κ2) is 7.00. The Bertz CT molecular complexity index is 439. The van der Waals surface area contributed by atoms with Gasteiger partial charge in [-0.05, 0) is 38.2 Å². The number of nitrogens with zero attached hydrogens (tertiary/aromatic N) is 2. The SMILES string of the molecule is CC(CC#N)N(C)CC(=O)Nc1ccc(Cl)cc1. The fraction of sp³-hybridized carbons (Fsp3) is 0.385. The molecule has 0 aliphatic heterocycles. The van der Waals surface area contributed by atoms with Crippen LogP contribution in [-0.4, -0.2) is 30.4 Å². The quantitative estimate of drug-likeness (QED) is 0.890. The molecular weight excluding hydrogens is 250 g/mol. The Morgan fingerprint density at radius 3 is 2.67 bits per heavy atom. The number of benzene rings is 1. The van der Waals surface area contributed by atoms with E-state index in [1.54, 1.807) is 24.3 Å². The Kier molecular flexibility index (Phi) is 5.63. The third kappa shape index (κ3) is 4.74. The third-order valence-electron chi connectivity index (χ3n) is 2.66. The molecule has 0 aliphatic carbocycles. The van der Waals surface area contributed by atoms with Crippen LogP contribution < -0.4 is 5.32 Å². The number of nitrogens with one attached hydrogen (secondary N) is 1. The predicted molar refractivity (Wildman–Crippen MR) is 72.4 cm³/mol. The maximum Gasteiger partial charge on any atom is 0.238 e. The number of amides is 1. The minimum atomic E-state index is -0.107. The highest BCUT2D eigenvalue weighted by atomic mass is 35.5. The van der Waals surface area contributed by atoms with Gasteiger partial charge in [0, 0.05) is 16.8 Å². The van der Waals surface area contributed by atoms with Gasteiger partial charge in [-0.2, -0.15) is 5.26 Å². The van der Waals surface area contributed by atoms with Crippen LogP contribution in [0.3, 0.4) is 0 Å². The van der Waals surface area contributed by atoms with Crippen LogP contribution in [0, 0.1) is 11.3 Å². The molecular formula is C13H16ClN3O. The second-order valence-electron chi connectivity index (χ2n) is 4.18.